The molecule has 3 heteroatoms. The van der Waals surface area contributed by atoms with Crippen LogP contribution in [0.4, 0.5) is 4.39 Å². The molecular weight excluding hydrogens is 253 g/mol. The monoisotopic (exact) mass is 271 g/mol. The van der Waals surface area contributed by atoms with Gasteiger partial charge in [0.05, 0.1) is 12.6 Å². The molecule has 1 heterocycles. The molecule has 0 aromatic heterocycles. The Kier molecular flexibility index (Phi) is 3.45. The lowest BCUT2D eigenvalue weighted by Gasteiger charge is -2.20. The van der Waals surface area contributed by atoms with Crippen molar-refractivity contribution >= 4 is 0 Å². The van der Waals surface area contributed by atoms with Crippen LogP contribution in [0.3, 0.4) is 0 Å². The molecule has 104 valence electrons. The van der Waals surface area contributed by atoms with Gasteiger partial charge in [0.25, 0.3) is 0 Å². The second-order valence-electron chi connectivity index (χ2n) is 5.19. The van der Waals surface area contributed by atoms with E-state index in [1.54, 1.807) is 6.07 Å². The zero-order valence-corrected chi connectivity index (χ0v) is 11.7. The summed E-state index contributed by atoms with van der Waals surface area (Å²) >= 11 is 0. The fourth-order valence-corrected chi connectivity index (χ4v) is 2.81. The molecular formula is C17H18FNO. The van der Waals surface area contributed by atoms with E-state index in [4.69, 9.17) is 4.74 Å². The molecule has 0 saturated heterocycles. The first-order valence-corrected chi connectivity index (χ1v) is 6.88. The summed E-state index contributed by atoms with van der Waals surface area (Å²) in [6.07, 6.45) is 0.946. The Morgan fingerprint density at radius 3 is 2.85 bits per heavy atom. The van der Waals surface area contributed by atoms with Crippen LogP contribution < -0.4 is 10.1 Å². The molecule has 20 heavy (non-hydrogen) atoms. The first-order valence-electron chi connectivity index (χ1n) is 6.88. The van der Waals surface area contributed by atoms with E-state index in [0.29, 0.717) is 0 Å². The van der Waals surface area contributed by atoms with Crippen LogP contribution in [0.15, 0.2) is 36.4 Å². The highest BCUT2D eigenvalue weighted by Crippen LogP contribution is 2.31. The number of aryl methyl sites for hydroxylation is 1. The minimum absolute atomic E-state index is 0.00315. The van der Waals surface area contributed by atoms with E-state index < -0.39 is 0 Å². The molecule has 1 N–H and O–H groups in total. The highest BCUT2D eigenvalue weighted by molar-refractivity contribution is 5.44. The van der Waals surface area contributed by atoms with Crippen LogP contribution in [0.2, 0.25) is 0 Å². The minimum Gasteiger partial charge on any atom is -0.493 e. The van der Waals surface area contributed by atoms with Crippen molar-refractivity contribution in [3.05, 3.63) is 64.5 Å². The Labute approximate surface area is 118 Å². The van der Waals surface area contributed by atoms with Crippen molar-refractivity contribution in [3.8, 4) is 5.75 Å². The summed E-state index contributed by atoms with van der Waals surface area (Å²) in [5.41, 5.74) is 4.44. The van der Waals surface area contributed by atoms with E-state index in [1.807, 2.05) is 26.1 Å². The van der Waals surface area contributed by atoms with Crippen LogP contribution in [0.1, 0.15) is 28.3 Å². The molecule has 0 bridgehead atoms. The maximum Gasteiger partial charge on any atom is 0.123 e. The molecule has 0 saturated carbocycles. The number of rotatable bonds is 3. The maximum absolute atomic E-state index is 13.5. The Balaban J connectivity index is 2.03. The molecule has 0 radical (unpaired) electrons. The Bertz CT molecular complexity index is 639. The van der Waals surface area contributed by atoms with Crippen molar-refractivity contribution in [2.45, 2.75) is 19.4 Å². The third-order valence-corrected chi connectivity index (χ3v) is 3.89. The number of nitrogens with one attached hydrogen (secondary N) is 1. The fourth-order valence-electron chi connectivity index (χ4n) is 2.81. The second-order valence-corrected chi connectivity index (χ2v) is 5.19. The standard InChI is InChI=1S/C17H18FNO/c1-11-3-5-14(18)10-15(11)17(19-2)13-4-6-16-12(9-13)7-8-20-16/h3-6,9-10,17,19H,7-8H2,1-2H3. The van der Waals surface area contributed by atoms with Crippen molar-refractivity contribution in [1.82, 2.24) is 5.32 Å². The Morgan fingerprint density at radius 1 is 1.20 bits per heavy atom. The third-order valence-electron chi connectivity index (χ3n) is 3.89. The smallest absolute Gasteiger partial charge is 0.123 e. The molecule has 0 amide bonds. The number of ether oxygens (including phenoxy) is 1. The molecule has 2 aromatic carbocycles. The van der Waals surface area contributed by atoms with Crippen molar-refractivity contribution in [2.75, 3.05) is 13.7 Å². The SMILES string of the molecule is CNC(c1ccc2c(c1)CCO2)c1cc(F)ccc1C. The number of benzene rings is 2. The minimum atomic E-state index is -0.199. The van der Waals surface area contributed by atoms with Crippen LogP contribution in [-0.2, 0) is 6.42 Å². The highest BCUT2D eigenvalue weighted by Gasteiger charge is 2.18. The van der Waals surface area contributed by atoms with E-state index in [0.717, 1.165) is 35.5 Å². The molecule has 2 aromatic rings. The summed E-state index contributed by atoms with van der Waals surface area (Å²) in [5, 5.41) is 3.29. The number of halogens is 1. The molecule has 3 rings (SSSR count). The van der Waals surface area contributed by atoms with Crippen molar-refractivity contribution in [3.63, 3.8) is 0 Å². The first kappa shape index (κ1) is 13.1. The van der Waals surface area contributed by atoms with Crippen LogP contribution in [-0.4, -0.2) is 13.7 Å². The first-order chi connectivity index (χ1) is 9.69. The maximum atomic E-state index is 13.5. The lowest BCUT2D eigenvalue weighted by atomic mass is 9.93. The van der Waals surface area contributed by atoms with Gasteiger partial charge in [-0.3, -0.25) is 0 Å². The van der Waals surface area contributed by atoms with Gasteiger partial charge in [0.2, 0.25) is 0 Å². The van der Waals surface area contributed by atoms with Gasteiger partial charge in [-0.15, -0.1) is 0 Å². The van der Waals surface area contributed by atoms with Crippen molar-refractivity contribution in [2.24, 2.45) is 0 Å². The predicted octanol–water partition coefficient (Wildman–Crippen LogP) is 3.38. The summed E-state index contributed by atoms with van der Waals surface area (Å²) in [6.45, 7) is 2.76. The van der Waals surface area contributed by atoms with E-state index >= 15 is 0 Å². The van der Waals surface area contributed by atoms with Crippen molar-refractivity contribution in [1.29, 1.82) is 0 Å². The van der Waals surface area contributed by atoms with E-state index in [1.165, 1.54) is 11.6 Å². The quantitative estimate of drug-likeness (QED) is 0.924. The summed E-state index contributed by atoms with van der Waals surface area (Å²) in [7, 11) is 1.90. The van der Waals surface area contributed by atoms with Gasteiger partial charge in [0.1, 0.15) is 11.6 Å². The number of fused-ring (bicyclic) bond motifs is 1. The molecule has 0 spiro atoms. The van der Waals surface area contributed by atoms with Gasteiger partial charge in [0.15, 0.2) is 0 Å². The normalized spacial score (nSPS) is 14.8. The molecule has 0 fully saturated rings. The van der Waals surface area contributed by atoms with Gasteiger partial charge in [-0.2, -0.15) is 0 Å². The van der Waals surface area contributed by atoms with Crippen LogP contribution in [0, 0.1) is 12.7 Å². The largest absolute Gasteiger partial charge is 0.493 e. The molecule has 1 aliphatic heterocycles. The lowest BCUT2D eigenvalue weighted by Crippen LogP contribution is -2.19. The lowest BCUT2D eigenvalue weighted by molar-refractivity contribution is 0.357. The van der Waals surface area contributed by atoms with E-state index in [-0.39, 0.29) is 11.9 Å². The molecule has 0 aliphatic carbocycles. The Morgan fingerprint density at radius 2 is 2.05 bits per heavy atom. The van der Waals surface area contributed by atoms with Crippen LogP contribution in [0.5, 0.6) is 5.75 Å². The number of hydrogen-bond donors (Lipinski definition) is 1. The average molecular weight is 271 g/mol. The molecule has 1 aliphatic rings. The average Bonchev–Trinajstić information content (AvgIpc) is 2.91. The Hall–Kier alpha value is -1.87. The molecule has 1 atom stereocenters. The molecule has 2 nitrogen and oxygen atoms in total. The third kappa shape index (κ3) is 2.29. The predicted molar refractivity (Wildman–Crippen MR) is 77.7 cm³/mol. The zero-order chi connectivity index (χ0) is 14.1. The number of hydrogen-bond acceptors (Lipinski definition) is 2. The van der Waals surface area contributed by atoms with Gasteiger partial charge < -0.3 is 10.1 Å². The topological polar surface area (TPSA) is 21.3 Å². The molecule has 1 unspecified atom stereocenters. The summed E-state index contributed by atoms with van der Waals surface area (Å²) in [6, 6.07) is 11.2. The summed E-state index contributed by atoms with van der Waals surface area (Å²) in [4.78, 5) is 0. The second kappa shape index (κ2) is 5.25. The van der Waals surface area contributed by atoms with Gasteiger partial charge in [-0.05, 0) is 54.4 Å². The summed E-state index contributed by atoms with van der Waals surface area (Å²) in [5.74, 6) is 0.773. The van der Waals surface area contributed by atoms with Crippen LogP contribution >= 0.6 is 0 Å². The van der Waals surface area contributed by atoms with Gasteiger partial charge in [0, 0.05) is 6.42 Å². The zero-order valence-electron chi connectivity index (χ0n) is 11.7. The fraction of sp³-hybridized carbons (Fsp3) is 0.294. The van der Waals surface area contributed by atoms with Gasteiger partial charge in [-0.25, -0.2) is 4.39 Å². The van der Waals surface area contributed by atoms with E-state index in [2.05, 4.69) is 17.4 Å². The van der Waals surface area contributed by atoms with Gasteiger partial charge in [-0.1, -0.05) is 18.2 Å². The van der Waals surface area contributed by atoms with Gasteiger partial charge >= 0.3 is 0 Å². The highest BCUT2D eigenvalue weighted by atomic mass is 19.1. The van der Waals surface area contributed by atoms with E-state index in [9.17, 15) is 4.39 Å². The van der Waals surface area contributed by atoms with Crippen molar-refractivity contribution < 1.29 is 9.13 Å². The van der Waals surface area contributed by atoms with Crippen LogP contribution in [0.25, 0.3) is 0 Å². The summed E-state index contributed by atoms with van der Waals surface area (Å²) < 4.78 is 19.1.